The lowest BCUT2D eigenvalue weighted by Gasteiger charge is -2.23. The first kappa shape index (κ1) is 17.0. The number of likely N-dealkylation sites (tertiary alicyclic amines) is 1. The number of hydrogen-bond donors (Lipinski definition) is 1. The third-order valence-corrected chi connectivity index (χ3v) is 5.78. The third-order valence-electron chi connectivity index (χ3n) is 5.78. The van der Waals surface area contributed by atoms with Crippen LogP contribution < -0.4 is 4.74 Å². The van der Waals surface area contributed by atoms with Gasteiger partial charge >= 0.3 is 5.97 Å². The molecule has 2 atom stereocenters. The van der Waals surface area contributed by atoms with Crippen molar-refractivity contribution in [2.45, 2.75) is 32.4 Å². The van der Waals surface area contributed by atoms with E-state index in [1.165, 1.54) is 0 Å². The van der Waals surface area contributed by atoms with Crippen LogP contribution in [0.2, 0.25) is 0 Å². The first-order valence-corrected chi connectivity index (χ1v) is 9.23. The second-order valence-corrected chi connectivity index (χ2v) is 7.48. The SMILES string of the molecule is O=C(O)[C@@]12CCC[C@H]1CN(Cc1cccc(OCc3ccccn3)c1)C2. The molecule has 2 aromatic rings. The standard InChI is InChI=1S/C21H24N2O3/c24-20(25)21-9-4-6-17(21)13-23(15-21)12-16-5-3-8-19(11-16)26-14-18-7-1-2-10-22-18/h1-3,5,7-8,10-11,17H,4,6,9,12-15H2,(H,24,25)/t17-,21+/m0/s1. The van der Waals surface area contributed by atoms with Crippen molar-refractivity contribution in [1.82, 2.24) is 9.88 Å². The minimum atomic E-state index is -0.616. The number of carboxylic acid groups (broad SMARTS) is 1. The fourth-order valence-corrected chi connectivity index (χ4v) is 4.50. The number of hydrogen-bond acceptors (Lipinski definition) is 4. The molecule has 0 unspecified atom stereocenters. The number of carbonyl (C=O) groups is 1. The number of rotatable bonds is 6. The van der Waals surface area contributed by atoms with E-state index in [9.17, 15) is 9.90 Å². The summed E-state index contributed by atoms with van der Waals surface area (Å²) in [6.45, 7) is 2.75. The summed E-state index contributed by atoms with van der Waals surface area (Å²) in [6, 6.07) is 13.8. The monoisotopic (exact) mass is 352 g/mol. The van der Waals surface area contributed by atoms with Crippen molar-refractivity contribution in [3.8, 4) is 5.75 Å². The molecule has 0 radical (unpaired) electrons. The molecule has 1 aromatic heterocycles. The Kier molecular flexibility index (Phi) is 4.64. The number of aliphatic carboxylic acids is 1. The van der Waals surface area contributed by atoms with E-state index < -0.39 is 11.4 Å². The molecule has 26 heavy (non-hydrogen) atoms. The Morgan fingerprint density at radius 2 is 2.23 bits per heavy atom. The van der Waals surface area contributed by atoms with Crippen molar-refractivity contribution < 1.29 is 14.6 Å². The zero-order chi connectivity index (χ0) is 18.0. The zero-order valence-electron chi connectivity index (χ0n) is 14.8. The highest BCUT2D eigenvalue weighted by atomic mass is 16.5. The maximum Gasteiger partial charge on any atom is 0.311 e. The maximum absolute atomic E-state index is 11.8. The quantitative estimate of drug-likeness (QED) is 0.864. The maximum atomic E-state index is 11.8. The second-order valence-electron chi connectivity index (χ2n) is 7.48. The molecule has 4 rings (SSSR count). The third kappa shape index (κ3) is 3.31. The van der Waals surface area contributed by atoms with E-state index in [0.717, 1.165) is 49.4 Å². The smallest absolute Gasteiger partial charge is 0.311 e. The molecule has 2 heterocycles. The highest BCUT2D eigenvalue weighted by molar-refractivity contribution is 5.76. The van der Waals surface area contributed by atoms with Gasteiger partial charge in [0.05, 0.1) is 11.1 Å². The highest BCUT2D eigenvalue weighted by Gasteiger charge is 2.54. The number of benzene rings is 1. The van der Waals surface area contributed by atoms with Crippen LogP contribution in [0.3, 0.4) is 0 Å². The normalized spacial score (nSPS) is 25.2. The summed E-state index contributed by atoms with van der Waals surface area (Å²) in [6.07, 6.45) is 4.66. The number of carboxylic acids is 1. The van der Waals surface area contributed by atoms with E-state index in [1.807, 2.05) is 36.4 Å². The topological polar surface area (TPSA) is 62.7 Å². The predicted molar refractivity (Wildman–Crippen MR) is 97.7 cm³/mol. The van der Waals surface area contributed by atoms with E-state index in [2.05, 4.69) is 16.0 Å². The lowest BCUT2D eigenvalue weighted by Crippen LogP contribution is -2.35. The fraction of sp³-hybridized carbons (Fsp3) is 0.429. The summed E-state index contributed by atoms with van der Waals surface area (Å²) in [7, 11) is 0. The van der Waals surface area contributed by atoms with Gasteiger partial charge in [0.25, 0.3) is 0 Å². The predicted octanol–water partition coefficient (Wildman–Crippen LogP) is 3.35. The molecule has 1 saturated carbocycles. The summed E-state index contributed by atoms with van der Waals surface area (Å²) < 4.78 is 5.85. The van der Waals surface area contributed by atoms with Crippen molar-refractivity contribution in [3.05, 3.63) is 59.9 Å². The summed E-state index contributed by atoms with van der Waals surface area (Å²) in [5.41, 5.74) is 1.53. The van der Waals surface area contributed by atoms with Crippen LogP contribution in [0.5, 0.6) is 5.75 Å². The molecular formula is C21H24N2O3. The molecule has 5 nitrogen and oxygen atoms in total. The van der Waals surface area contributed by atoms with Crippen LogP contribution in [0.4, 0.5) is 0 Å². The van der Waals surface area contributed by atoms with Crippen molar-refractivity contribution in [3.63, 3.8) is 0 Å². The molecule has 1 saturated heterocycles. The number of ether oxygens (including phenoxy) is 1. The Labute approximate surface area is 153 Å². The average Bonchev–Trinajstić information content (AvgIpc) is 3.19. The Bertz CT molecular complexity index is 780. The summed E-state index contributed by atoms with van der Waals surface area (Å²) in [4.78, 5) is 18.4. The van der Waals surface area contributed by atoms with Crippen LogP contribution >= 0.6 is 0 Å². The number of aromatic nitrogens is 1. The molecule has 5 heteroatoms. The van der Waals surface area contributed by atoms with Gasteiger partial charge in [-0.15, -0.1) is 0 Å². The van der Waals surface area contributed by atoms with Gasteiger partial charge in [-0.3, -0.25) is 14.7 Å². The van der Waals surface area contributed by atoms with Crippen LogP contribution in [0.1, 0.15) is 30.5 Å². The molecule has 1 aliphatic heterocycles. The summed E-state index contributed by atoms with van der Waals surface area (Å²) in [5, 5.41) is 9.73. The minimum absolute atomic E-state index is 0.295. The van der Waals surface area contributed by atoms with Gasteiger partial charge in [-0.2, -0.15) is 0 Å². The van der Waals surface area contributed by atoms with E-state index >= 15 is 0 Å². The van der Waals surface area contributed by atoms with E-state index in [4.69, 9.17) is 4.74 Å². The lowest BCUT2D eigenvalue weighted by molar-refractivity contribution is -0.149. The number of nitrogens with zero attached hydrogens (tertiary/aromatic N) is 2. The molecule has 1 aliphatic carbocycles. The zero-order valence-corrected chi connectivity index (χ0v) is 14.8. The molecule has 2 aliphatic rings. The fourth-order valence-electron chi connectivity index (χ4n) is 4.50. The first-order chi connectivity index (χ1) is 12.7. The Hall–Kier alpha value is -2.40. The van der Waals surface area contributed by atoms with Crippen molar-refractivity contribution in [2.24, 2.45) is 11.3 Å². The number of pyridine rings is 1. The number of fused-ring (bicyclic) bond motifs is 1. The molecule has 1 aromatic carbocycles. The highest BCUT2D eigenvalue weighted by Crippen LogP contribution is 2.49. The van der Waals surface area contributed by atoms with E-state index in [-0.39, 0.29) is 0 Å². The summed E-state index contributed by atoms with van der Waals surface area (Å²) >= 11 is 0. The van der Waals surface area contributed by atoms with Crippen molar-refractivity contribution in [2.75, 3.05) is 13.1 Å². The van der Waals surface area contributed by atoms with Crippen LogP contribution in [-0.2, 0) is 17.9 Å². The Morgan fingerprint density at radius 1 is 1.31 bits per heavy atom. The van der Waals surface area contributed by atoms with Gasteiger partial charge < -0.3 is 9.84 Å². The molecule has 1 N–H and O–H groups in total. The van der Waals surface area contributed by atoms with Crippen LogP contribution in [-0.4, -0.2) is 34.0 Å². The van der Waals surface area contributed by atoms with Crippen LogP contribution in [0, 0.1) is 11.3 Å². The van der Waals surface area contributed by atoms with Gasteiger partial charge in [0.15, 0.2) is 0 Å². The Balaban J connectivity index is 1.39. The first-order valence-electron chi connectivity index (χ1n) is 9.23. The van der Waals surface area contributed by atoms with Gasteiger partial charge in [0.1, 0.15) is 12.4 Å². The van der Waals surface area contributed by atoms with Gasteiger partial charge in [-0.1, -0.05) is 24.6 Å². The largest absolute Gasteiger partial charge is 0.487 e. The second kappa shape index (κ2) is 7.08. The lowest BCUT2D eigenvalue weighted by atomic mass is 9.81. The average molecular weight is 352 g/mol. The van der Waals surface area contributed by atoms with Crippen molar-refractivity contribution in [1.29, 1.82) is 0 Å². The summed E-state index contributed by atoms with van der Waals surface area (Å²) in [5.74, 6) is 0.499. The minimum Gasteiger partial charge on any atom is -0.487 e. The Morgan fingerprint density at radius 3 is 3.00 bits per heavy atom. The van der Waals surface area contributed by atoms with Gasteiger partial charge in [-0.25, -0.2) is 0 Å². The van der Waals surface area contributed by atoms with Crippen molar-refractivity contribution >= 4 is 5.97 Å². The molecule has 0 spiro atoms. The van der Waals surface area contributed by atoms with Gasteiger partial charge in [-0.05, 0) is 48.6 Å². The molecule has 2 fully saturated rings. The van der Waals surface area contributed by atoms with Crippen LogP contribution in [0.15, 0.2) is 48.7 Å². The molecule has 136 valence electrons. The molecule has 0 amide bonds. The molecular weight excluding hydrogens is 328 g/mol. The van der Waals surface area contributed by atoms with E-state index in [1.54, 1.807) is 6.20 Å². The van der Waals surface area contributed by atoms with E-state index in [0.29, 0.717) is 19.1 Å². The van der Waals surface area contributed by atoms with Crippen LogP contribution in [0.25, 0.3) is 0 Å². The van der Waals surface area contributed by atoms with Gasteiger partial charge in [0.2, 0.25) is 0 Å². The van der Waals surface area contributed by atoms with Gasteiger partial charge in [0, 0.05) is 25.8 Å². The molecule has 0 bridgehead atoms.